The van der Waals surface area contributed by atoms with Crippen molar-refractivity contribution in [3.8, 4) is 27.6 Å². The van der Waals surface area contributed by atoms with Gasteiger partial charge in [0.15, 0.2) is 11.5 Å². The lowest BCUT2D eigenvalue weighted by Crippen LogP contribution is -2.08. The summed E-state index contributed by atoms with van der Waals surface area (Å²) in [5.41, 5.74) is 7.30. The molecular formula is C18H11ClF3N5S. The predicted molar refractivity (Wildman–Crippen MR) is 102 cm³/mol. The van der Waals surface area contributed by atoms with Crippen LogP contribution in [0.2, 0.25) is 5.02 Å². The number of nitrogen functional groups attached to an aromatic ring is 1. The molecule has 0 atom stereocenters. The second kappa shape index (κ2) is 6.92. The summed E-state index contributed by atoms with van der Waals surface area (Å²) in [5, 5.41) is 10.8. The number of anilines is 1. The van der Waals surface area contributed by atoms with Crippen LogP contribution in [0, 0.1) is 0 Å². The van der Waals surface area contributed by atoms with Crippen molar-refractivity contribution in [3.63, 3.8) is 0 Å². The van der Waals surface area contributed by atoms with Crippen LogP contribution in [-0.4, -0.2) is 20.0 Å². The topological polar surface area (TPSA) is 69.6 Å². The van der Waals surface area contributed by atoms with Crippen molar-refractivity contribution in [2.75, 3.05) is 5.73 Å². The molecule has 0 bridgehead atoms. The molecule has 2 heterocycles. The lowest BCUT2D eigenvalue weighted by Gasteiger charge is -2.09. The molecule has 0 spiro atoms. The molecule has 2 aromatic carbocycles. The smallest absolute Gasteiger partial charge is 0.382 e. The summed E-state index contributed by atoms with van der Waals surface area (Å²) < 4.78 is 40.0. The fourth-order valence-electron chi connectivity index (χ4n) is 2.61. The number of halogens is 4. The van der Waals surface area contributed by atoms with Crippen LogP contribution in [0.25, 0.3) is 27.6 Å². The van der Waals surface area contributed by atoms with Crippen LogP contribution in [-0.2, 0) is 6.18 Å². The van der Waals surface area contributed by atoms with Crippen molar-refractivity contribution in [3.05, 3.63) is 64.5 Å². The molecule has 4 rings (SSSR count). The third-order valence-electron chi connectivity index (χ3n) is 3.95. The molecule has 0 fully saturated rings. The maximum atomic E-state index is 13.0. The second-order valence-corrected chi connectivity index (χ2v) is 7.13. The molecular weight excluding hydrogens is 411 g/mol. The normalized spacial score (nSPS) is 11.7. The Labute approximate surface area is 166 Å². The van der Waals surface area contributed by atoms with Gasteiger partial charge < -0.3 is 5.73 Å². The zero-order valence-electron chi connectivity index (χ0n) is 14.0. The minimum atomic E-state index is -4.46. The van der Waals surface area contributed by atoms with E-state index in [-0.39, 0.29) is 11.5 Å². The van der Waals surface area contributed by atoms with E-state index >= 15 is 0 Å². The van der Waals surface area contributed by atoms with Gasteiger partial charge in [-0.2, -0.15) is 17.9 Å². The molecule has 4 aromatic rings. The Morgan fingerprint density at radius 1 is 1.07 bits per heavy atom. The van der Waals surface area contributed by atoms with E-state index in [1.165, 1.54) is 23.5 Å². The summed E-state index contributed by atoms with van der Waals surface area (Å²) in [7, 11) is 0. The van der Waals surface area contributed by atoms with E-state index in [1.54, 1.807) is 12.1 Å². The van der Waals surface area contributed by atoms with E-state index in [0.29, 0.717) is 21.4 Å². The summed E-state index contributed by atoms with van der Waals surface area (Å²) in [4.78, 5) is 4.50. The van der Waals surface area contributed by atoms with Crippen molar-refractivity contribution in [1.29, 1.82) is 0 Å². The van der Waals surface area contributed by atoms with E-state index in [2.05, 4.69) is 15.3 Å². The molecule has 10 heteroatoms. The van der Waals surface area contributed by atoms with E-state index in [0.717, 1.165) is 22.4 Å². The van der Waals surface area contributed by atoms with E-state index in [1.807, 2.05) is 17.5 Å². The van der Waals surface area contributed by atoms with Gasteiger partial charge in [-0.3, -0.25) is 0 Å². The number of aromatic nitrogens is 4. The molecule has 0 unspecified atom stereocenters. The van der Waals surface area contributed by atoms with Crippen molar-refractivity contribution in [2.24, 2.45) is 0 Å². The maximum absolute atomic E-state index is 13.0. The molecule has 0 saturated heterocycles. The monoisotopic (exact) mass is 421 g/mol. The highest BCUT2D eigenvalue weighted by Gasteiger charge is 2.31. The number of nitrogens with two attached hydrogens (primary N) is 1. The summed E-state index contributed by atoms with van der Waals surface area (Å²) >= 11 is 7.31. The lowest BCUT2D eigenvalue weighted by atomic mass is 10.2. The minimum absolute atomic E-state index is 0.103. The largest absolute Gasteiger partial charge is 0.416 e. The molecule has 0 amide bonds. The average Bonchev–Trinajstić information content (AvgIpc) is 3.28. The Morgan fingerprint density at radius 3 is 2.61 bits per heavy atom. The SMILES string of the molecule is Nc1c(-c2nc(-c3cccc(Cl)c3)cs2)nnn1-c1cccc(C(F)(F)F)c1. The van der Waals surface area contributed by atoms with Crippen molar-refractivity contribution >= 4 is 28.8 Å². The molecule has 2 aromatic heterocycles. The Morgan fingerprint density at radius 2 is 1.86 bits per heavy atom. The molecule has 142 valence electrons. The van der Waals surface area contributed by atoms with Gasteiger partial charge in [-0.05, 0) is 30.3 Å². The van der Waals surface area contributed by atoms with E-state index in [9.17, 15) is 13.2 Å². The van der Waals surface area contributed by atoms with Gasteiger partial charge in [-0.25, -0.2) is 4.98 Å². The van der Waals surface area contributed by atoms with Crippen molar-refractivity contribution in [2.45, 2.75) is 6.18 Å². The maximum Gasteiger partial charge on any atom is 0.416 e. The summed E-state index contributed by atoms with van der Waals surface area (Å²) in [6, 6.07) is 11.9. The minimum Gasteiger partial charge on any atom is -0.382 e. The number of nitrogens with zero attached hydrogens (tertiary/aromatic N) is 4. The van der Waals surface area contributed by atoms with Gasteiger partial charge in [0.05, 0.1) is 16.9 Å². The standard InChI is InChI=1S/C18H11ClF3N5S/c19-12-5-1-3-10(7-12)14-9-28-17(24-14)15-16(23)27(26-25-15)13-6-2-4-11(8-13)18(20,21)22/h1-9H,23H2. The zero-order chi connectivity index (χ0) is 19.9. The molecule has 0 saturated carbocycles. The molecule has 0 aliphatic rings. The fourth-order valence-corrected chi connectivity index (χ4v) is 3.62. The average molecular weight is 422 g/mol. The van der Waals surface area contributed by atoms with Gasteiger partial charge in [0.2, 0.25) is 0 Å². The first-order valence-electron chi connectivity index (χ1n) is 7.93. The number of benzene rings is 2. The number of alkyl halides is 3. The number of rotatable bonds is 3. The summed E-state index contributed by atoms with van der Waals surface area (Å²) in [6.45, 7) is 0. The Hall–Kier alpha value is -2.91. The number of hydrogen-bond acceptors (Lipinski definition) is 5. The van der Waals surface area contributed by atoms with Crippen LogP contribution in [0.4, 0.5) is 19.0 Å². The van der Waals surface area contributed by atoms with Crippen molar-refractivity contribution in [1.82, 2.24) is 20.0 Å². The third-order valence-corrected chi connectivity index (χ3v) is 5.03. The number of hydrogen-bond donors (Lipinski definition) is 1. The Bertz CT molecular complexity index is 1150. The highest BCUT2D eigenvalue weighted by Crippen LogP contribution is 2.34. The highest BCUT2D eigenvalue weighted by atomic mass is 35.5. The van der Waals surface area contributed by atoms with Crippen LogP contribution in [0.5, 0.6) is 0 Å². The second-order valence-electron chi connectivity index (χ2n) is 5.83. The first-order chi connectivity index (χ1) is 13.3. The Balaban J connectivity index is 1.70. The van der Waals surface area contributed by atoms with E-state index in [4.69, 9.17) is 17.3 Å². The number of thiazole rings is 1. The quantitative estimate of drug-likeness (QED) is 0.486. The molecule has 0 aliphatic carbocycles. The molecule has 0 radical (unpaired) electrons. The fraction of sp³-hybridized carbons (Fsp3) is 0.0556. The van der Waals surface area contributed by atoms with Crippen LogP contribution in [0.3, 0.4) is 0 Å². The van der Waals surface area contributed by atoms with Crippen LogP contribution in [0.15, 0.2) is 53.9 Å². The molecule has 0 aliphatic heterocycles. The van der Waals surface area contributed by atoms with Gasteiger partial charge in [0, 0.05) is 16.0 Å². The molecule has 5 nitrogen and oxygen atoms in total. The predicted octanol–water partition coefficient (Wildman–Crippen LogP) is 5.31. The van der Waals surface area contributed by atoms with Crippen LogP contribution >= 0.6 is 22.9 Å². The highest BCUT2D eigenvalue weighted by molar-refractivity contribution is 7.13. The van der Waals surface area contributed by atoms with Gasteiger partial charge in [-0.1, -0.05) is 35.0 Å². The van der Waals surface area contributed by atoms with Gasteiger partial charge in [0.25, 0.3) is 0 Å². The molecule has 28 heavy (non-hydrogen) atoms. The van der Waals surface area contributed by atoms with Gasteiger partial charge >= 0.3 is 6.18 Å². The van der Waals surface area contributed by atoms with E-state index < -0.39 is 11.7 Å². The summed E-state index contributed by atoms with van der Waals surface area (Å²) in [6.07, 6.45) is -4.46. The summed E-state index contributed by atoms with van der Waals surface area (Å²) in [5.74, 6) is 0.103. The lowest BCUT2D eigenvalue weighted by molar-refractivity contribution is -0.137. The zero-order valence-corrected chi connectivity index (χ0v) is 15.6. The van der Waals surface area contributed by atoms with Crippen LogP contribution < -0.4 is 5.73 Å². The Kier molecular flexibility index (Phi) is 4.56. The first-order valence-corrected chi connectivity index (χ1v) is 9.19. The van der Waals surface area contributed by atoms with Gasteiger partial charge in [0.1, 0.15) is 5.01 Å². The van der Waals surface area contributed by atoms with Crippen molar-refractivity contribution < 1.29 is 13.2 Å². The van der Waals surface area contributed by atoms with Crippen LogP contribution in [0.1, 0.15) is 5.56 Å². The third kappa shape index (κ3) is 3.46. The van der Waals surface area contributed by atoms with Gasteiger partial charge in [-0.15, -0.1) is 16.4 Å². The molecule has 2 N–H and O–H groups in total. The first kappa shape index (κ1) is 18.5.